The molecular formula is C23H26N2O7. The standard InChI is InChI=1S/C23H26N2O7/c1-12-24-25-23(31-12)17-7-6-14(9-16(17)11-30-2)13-4-3-5-15(8-13)22-21(29)20(28)19(27)18(10-26)32-22/h3-9,18-22,26-29H,10-11H2,1-2H3/t18-,19-,20+,21+,22-/m1/s1. The maximum Gasteiger partial charge on any atom is 0.248 e. The molecule has 4 rings (SSSR count). The van der Waals surface area contributed by atoms with Gasteiger partial charge in [-0.1, -0.05) is 24.3 Å². The van der Waals surface area contributed by atoms with Crippen molar-refractivity contribution in [2.75, 3.05) is 13.7 Å². The Bertz CT molecular complexity index is 1070. The minimum atomic E-state index is -1.43. The van der Waals surface area contributed by atoms with Crippen LogP contribution in [0.25, 0.3) is 22.6 Å². The van der Waals surface area contributed by atoms with Crippen molar-refractivity contribution in [3.05, 3.63) is 59.5 Å². The van der Waals surface area contributed by atoms with Crippen LogP contribution in [0.4, 0.5) is 0 Å². The Kier molecular flexibility index (Phi) is 6.66. The molecule has 170 valence electrons. The van der Waals surface area contributed by atoms with E-state index in [0.717, 1.165) is 22.3 Å². The quantitative estimate of drug-likeness (QED) is 0.446. The Balaban J connectivity index is 1.68. The van der Waals surface area contributed by atoms with Gasteiger partial charge < -0.3 is 34.3 Å². The highest BCUT2D eigenvalue weighted by Crippen LogP contribution is 2.35. The lowest BCUT2D eigenvalue weighted by Crippen LogP contribution is -2.55. The molecule has 1 fully saturated rings. The van der Waals surface area contributed by atoms with E-state index in [4.69, 9.17) is 13.9 Å². The number of hydrogen-bond acceptors (Lipinski definition) is 9. The number of aliphatic hydroxyl groups is 4. The van der Waals surface area contributed by atoms with E-state index in [-0.39, 0.29) is 0 Å². The fourth-order valence-electron chi connectivity index (χ4n) is 3.93. The third kappa shape index (κ3) is 4.31. The topological polar surface area (TPSA) is 138 Å². The fourth-order valence-corrected chi connectivity index (χ4v) is 3.93. The summed E-state index contributed by atoms with van der Waals surface area (Å²) in [6, 6.07) is 13.1. The number of benzene rings is 2. The molecule has 1 aliphatic rings. The molecule has 9 nitrogen and oxygen atoms in total. The van der Waals surface area contributed by atoms with Gasteiger partial charge in [-0.05, 0) is 40.5 Å². The number of nitrogens with zero attached hydrogens (tertiary/aromatic N) is 2. The predicted molar refractivity (Wildman–Crippen MR) is 113 cm³/mol. The van der Waals surface area contributed by atoms with E-state index in [0.29, 0.717) is 24.0 Å². The van der Waals surface area contributed by atoms with Gasteiger partial charge in [-0.25, -0.2) is 0 Å². The van der Waals surface area contributed by atoms with Crippen molar-refractivity contribution < 1.29 is 34.3 Å². The average molecular weight is 442 g/mol. The van der Waals surface area contributed by atoms with Gasteiger partial charge in [0.15, 0.2) is 0 Å². The van der Waals surface area contributed by atoms with Crippen molar-refractivity contribution in [1.29, 1.82) is 0 Å². The minimum Gasteiger partial charge on any atom is -0.421 e. The number of ether oxygens (including phenoxy) is 2. The van der Waals surface area contributed by atoms with Crippen LogP contribution in [-0.4, -0.2) is 68.8 Å². The summed E-state index contributed by atoms with van der Waals surface area (Å²) in [4.78, 5) is 0. The van der Waals surface area contributed by atoms with E-state index >= 15 is 0 Å². The maximum atomic E-state index is 10.5. The first-order valence-corrected chi connectivity index (χ1v) is 10.3. The second kappa shape index (κ2) is 9.45. The summed E-state index contributed by atoms with van der Waals surface area (Å²) in [5, 5.41) is 48.1. The lowest BCUT2D eigenvalue weighted by atomic mass is 9.89. The second-order valence-corrected chi connectivity index (χ2v) is 7.81. The van der Waals surface area contributed by atoms with E-state index in [1.807, 2.05) is 36.4 Å². The number of hydrogen-bond donors (Lipinski definition) is 4. The summed E-state index contributed by atoms with van der Waals surface area (Å²) in [6.45, 7) is 1.60. The van der Waals surface area contributed by atoms with Gasteiger partial charge in [0.05, 0.1) is 13.2 Å². The van der Waals surface area contributed by atoms with Crippen molar-refractivity contribution in [2.45, 2.75) is 44.1 Å². The summed E-state index contributed by atoms with van der Waals surface area (Å²) in [5.74, 6) is 0.885. The molecule has 0 radical (unpaired) electrons. The molecule has 0 unspecified atom stereocenters. The summed E-state index contributed by atoms with van der Waals surface area (Å²) in [7, 11) is 1.61. The highest BCUT2D eigenvalue weighted by Gasteiger charge is 2.43. The highest BCUT2D eigenvalue weighted by molar-refractivity contribution is 5.70. The Morgan fingerprint density at radius 1 is 0.969 bits per heavy atom. The Morgan fingerprint density at radius 2 is 1.75 bits per heavy atom. The third-order valence-electron chi connectivity index (χ3n) is 5.60. The van der Waals surface area contributed by atoms with Crippen LogP contribution in [0.15, 0.2) is 46.9 Å². The van der Waals surface area contributed by atoms with Crippen LogP contribution in [-0.2, 0) is 16.1 Å². The van der Waals surface area contributed by atoms with Crippen molar-refractivity contribution in [2.24, 2.45) is 0 Å². The minimum absolute atomic E-state index is 0.344. The zero-order valence-corrected chi connectivity index (χ0v) is 17.8. The summed E-state index contributed by atoms with van der Waals surface area (Å²) < 4.78 is 16.6. The monoisotopic (exact) mass is 442 g/mol. The molecule has 1 aliphatic heterocycles. The maximum absolute atomic E-state index is 10.5. The van der Waals surface area contributed by atoms with Gasteiger partial charge in [0.25, 0.3) is 0 Å². The summed E-state index contributed by atoms with van der Waals surface area (Å²) in [6.07, 6.45) is -6.03. The highest BCUT2D eigenvalue weighted by atomic mass is 16.5. The van der Waals surface area contributed by atoms with Crippen molar-refractivity contribution >= 4 is 0 Å². The molecule has 2 heterocycles. The lowest BCUT2D eigenvalue weighted by Gasteiger charge is -2.40. The molecule has 0 saturated carbocycles. The molecule has 0 bridgehead atoms. The zero-order chi connectivity index (χ0) is 22.8. The van der Waals surface area contributed by atoms with E-state index in [1.54, 1.807) is 20.1 Å². The van der Waals surface area contributed by atoms with Crippen molar-refractivity contribution in [3.8, 4) is 22.6 Å². The normalized spacial score (nSPS) is 25.8. The van der Waals surface area contributed by atoms with Crippen LogP contribution in [0.3, 0.4) is 0 Å². The molecule has 0 amide bonds. The number of aromatic nitrogens is 2. The van der Waals surface area contributed by atoms with Gasteiger partial charge in [0.2, 0.25) is 11.8 Å². The largest absolute Gasteiger partial charge is 0.421 e. The number of aliphatic hydroxyl groups excluding tert-OH is 4. The Hall–Kier alpha value is -2.66. The van der Waals surface area contributed by atoms with E-state index in [9.17, 15) is 20.4 Å². The zero-order valence-electron chi connectivity index (χ0n) is 17.8. The van der Waals surface area contributed by atoms with Gasteiger partial charge in [-0.2, -0.15) is 0 Å². The number of aryl methyl sites for hydroxylation is 1. The molecule has 1 aromatic heterocycles. The van der Waals surface area contributed by atoms with E-state index in [1.165, 1.54) is 0 Å². The van der Waals surface area contributed by atoms with Gasteiger partial charge in [0, 0.05) is 19.6 Å². The van der Waals surface area contributed by atoms with Crippen LogP contribution >= 0.6 is 0 Å². The van der Waals surface area contributed by atoms with E-state index in [2.05, 4.69) is 10.2 Å². The SMILES string of the molecule is COCc1cc(-c2cccc([C@H]3O[C@H](CO)[C@@H](O)[C@H](O)[C@@H]3O)c2)ccc1-c1nnc(C)o1. The van der Waals surface area contributed by atoms with Gasteiger partial charge in [-0.15, -0.1) is 10.2 Å². The molecule has 2 aromatic carbocycles. The van der Waals surface area contributed by atoms with Crippen LogP contribution in [0.5, 0.6) is 0 Å². The van der Waals surface area contributed by atoms with Gasteiger partial charge in [0.1, 0.15) is 30.5 Å². The van der Waals surface area contributed by atoms with Crippen LogP contribution in [0.1, 0.15) is 23.1 Å². The van der Waals surface area contributed by atoms with Gasteiger partial charge in [-0.3, -0.25) is 0 Å². The summed E-state index contributed by atoms with van der Waals surface area (Å²) in [5.41, 5.74) is 4.01. The van der Waals surface area contributed by atoms with Crippen LogP contribution in [0, 0.1) is 6.92 Å². The van der Waals surface area contributed by atoms with Crippen LogP contribution < -0.4 is 0 Å². The molecule has 5 atom stereocenters. The van der Waals surface area contributed by atoms with E-state index < -0.39 is 37.1 Å². The van der Waals surface area contributed by atoms with Crippen molar-refractivity contribution in [1.82, 2.24) is 10.2 Å². The first kappa shape index (κ1) is 22.5. The number of rotatable bonds is 6. The summed E-state index contributed by atoms with van der Waals surface area (Å²) >= 11 is 0. The number of methoxy groups -OCH3 is 1. The molecular weight excluding hydrogens is 416 g/mol. The molecule has 0 aliphatic carbocycles. The smallest absolute Gasteiger partial charge is 0.248 e. The third-order valence-corrected chi connectivity index (χ3v) is 5.60. The lowest BCUT2D eigenvalue weighted by molar-refractivity contribution is -0.231. The molecule has 3 aromatic rings. The molecule has 9 heteroatoms. The molecule has 32 heavy (non-hydrogen) atoms. The molecule has 1 saturated heterocycles. The Labute approximate surface area is 184 Å². The van der Waals surface area contributed by atoms with Gasteiger partial charge >= 0.3 is 0 Å². The first-order chi connectivity index (χ1) is 15.4. The predicted octanol–water partition coefficient (Wildman–Crippen LogP) is 1.37. The Morgan fingerprint density at radius 3 is 2.44 bits per heavy atom. The average Bonchev–Trinajstić information content (AvgIpc) is 3.24. The van der Waals surface area contributed by atoms with Crippen LogP contribution in [0.2, 0.25) is 0 Å². The second-order valence-electron chi connectivity index (χ2n) is 7.81. The fraction of sp³-hybridized carbons (Fsp3) is 0.391. The molecule has 4 N–H and O–H groups in total. The molecule has 0 spiro atoms. The van der Waals surface area contributed by atoms with Crippen molar-refractivity contribution in [3.63, 3.8) is 0 Å². The first-order valence-electron chi connectivity index (χ1n) is 10.3.